The molecule has 0 radical (unpaired) electrons. The number of nitrogens with zero attached hydrogens (tertiary/aromatic N) is 4. The van der Waals surface area contributed by atoms with E-state index in [0.717, 1.165) is 13.0 Å². The minimum Gasteiger partial charge on any atom is -0.356 e. The van der Waals surface area contributed by atoms with Crippen LogP contribution in [0.2, 0.25) is 0 Å². The molecule has 9 heteroatoms. The molecule has 2 aliphatic heterocycles. The summed E-state index contributed by atoms with van der Waals surface area (Å²) in [6, 6.07) is 6.90. The molecule has 1 aromatic carbocycles. The lowest BCUT2D eigenvalue weighted by Gasteiger charge is -2.32. The first-order chi connectivity index (χ1) is 13.5. The highest BCUT2D eigenvalue weighted by Crippen LogP contribution is 2.29. The van der Waals surface area contributed by atoms with E-state index in [1.165, 1.54) is 0 Å². The van der Waals surface area contributed by atoms with Gasteiger partial charge in [0.15, 0.2) is 5.84 Å². The number of carbonyl (C=O) groups excluding carboxylic acids is 1. The summed E-state index contributed by atoms with van der Waals surface area (Å²) in [4.78, 5) is 18.7. The molecule has 2 aromatic rings. The second-order valence-electron chi connectivity index (χ2n) is 7.09. The van der Waals surface area contributed by atoms with Crippen LogP contribution in [0.4, 0.5) is 0 Å². The van der Waals surface area contributed by atoms with Gasteiger partial charge in [-0.05, 0) is 31.4 Å². The van der Waals surface area contributed by atoms with Crippen molar-refractivity contribution in [3.05, 3.63) is 48.5 Å². The molecular weight excluding hydrogens is 378 g/mol. The van der Waals surface area contributed by atoms with Gasteiger partial charge in [-0.15, -0.1) is 4.40 Å². The molecule has 0 unspecified atom stereocenters. The van der Waals surface area contributed by atoms with Crippen LogP contribution in [-0.2, 0) is 21.4 Å². The molecule has 3 heterocycles. The molecule has 28 heavy (non-hydrogen) atoms. The second-order valence-corrected chi connectivity index (χ2v) is 8.67. The molecule has 4 rings (SSSR count). The molecule has 8 nitrogen and oxygen atoms in total. The van der Waals surface area contributed by atoms with Gasteiger partial charge in [0.25, 0.3) is 10.0 Å². The molecule has 0 atom stereocenters. The Hall–Kier alpha value is -2.68. The number of sulfonamides is 1. The molecule has 0 aliphatic carbocycles. The first-order valence-electron chi connectivity index (χ1n) is 9.47. The molecular formula is C19H23N5O3S. The fourth-order valence-electron chi connectivity index (χ4n) is 3.71. The average Bonchev–Trinajstić information content (AvgIpc) is 3.32. The van der Waals surface area contributed by atoms with E-state index in [4.69, 9.17) is 0 Å². The number of piperidine rings is 1. The maximum absolute atomic E-state index is 12.4. The normalized spacial score (nSPS) is 18.6. The van der Waals surface area contributed by atoms with E-state index in [1.54, 1.807) is 30.7 Å². The number of likely N-dealkylation sites (tertiary alicyclic amines) is 1. The molecule has 148 valence electrons. The topological polar surface area (TPSA) is 96.7 Å². The summed E-state index contributed by atoms with van der Waals surface area (Å²) in [5.74, 6) is 0.541. The fraction of sp³-hybridized carbons (Fsp3) is 0.421. The second kappa shape index (κ2) is 7.75. The van der Waals surface area contributed by atoms with Gasteiger partial charge in [0.1, 0.15) is 4.90 Å². The van der Waals surface area contributed by atoms with Gasteiger partial charge in [-0.3, -0.25) is 4.79 Å². The smallest absolute Gasteiger partial charge is 0.285 e. The number of aromatic nitrogens is 2. The quantitative estimate of drug-likeness (QED) is 0.761. The molecule has 0 spiro atoms. The number of rotatable bonds is 5. The molecule has 0 saturated carbocycles. The minimum absolute atomic E-state index is 0.0432. The lowest BCUT2D eigenvalue weighted by Crippen LogP contribution is -2.43. The highest BCUT2D eigenvalue weighted by atomic mass is 32.2. The zero-order valence-corrected chi connectivity index (χ0v) is 16.3. The van der Waals surface area contributed by atoms with Gasteiger partial charge in [-0.1, -0.05) is 12.1 Å². The summed E-state index contributed by atoms with van der Waals surface area (Å²) in [5, 5.41) is 3.01. The largest absolute Gasteiger partial charge is 0.356 e. The Morgan fingerprint density at radius 3 is 2.75 bits per heavy atom. The van der Waals surface area contributed by atoms with Crippen molar-refractivity contribution >= 4 is 21.8 Å². The Kier molecular flexibility index (Phi) is 5.17. The fourth-order valence-corrected chi connectivity index (χ4v) is 4.93. The predicted octanol–water partition coefficient (Wildman–Crippen LogP) is 1.25. The summed E-state index contributed by atoms with van der Waals surface area (Å²) in [6.45, 7) is 2.70. The van der Waals surface area contributed by atoms with E-state index < -0.39 is 10.0 Å². The maximum Gasteiger partial charge on any atom is 0.285 e. The molecule has 0 bridgehead atoms. The van der Waals surface area contributed by atoms with Gasteiger partial charge in [0.2, 0.25) is 5.91 Å². The number of hydrogen-bond donors (Lipinski definition) is 1. The van der Waals surface area contributed by atoms with Crippen molar-refractivity contribution in [2.75, 3.05) is 19.6 Å². The van der Waals surface area contributed by atoms with Gasteiger partial charge in [0.05, 0.1) is 6.33 Å². The molecule has 1 saturated heterocycles. The molecule has 1 fully saturated rings. The highest BCUT2D eigenvalue weighted by Gasteiger charge is 2.34. The lowest BCUT2D eigenvalue weighted by molar-refractivity contribution is -0.126. The summed E-state index contributed by atoms with van der Waals surface area (Å²) >= 11 is 0. The van der Waals surface area contributed by atoms with E-state index >= 15 is 0 Å². The van der Waals surface area contributed by atoms with Crippen molar-refractivity contribution < 1.29 is 13.2 Å². The van der Waals surface area contributed by atoms with Crippen molar-refractivity contribution in [2.45, 2.75) is 30.7 Å². The molecule has 2 aliphatic rings. The third-order valence-electron chi connectivity index (χ3n) is 5.23. The molecule has 1 aromatic heterocycles. The van der Waals surface area contributed by atoms with Gasteiger partial charge in [-0.25, -0.2) is 4.98 Å². The number of benzene rings is 1. The first kappa shape index (κ1) is 18.7. The number of imidazole rings is 1. The summed E-state index contributed by atoms with van der Waals surface area (Å²) < 4.78 is 30.4. The monoisotopic (exact) mass is 401 g/mol. The predicted molar refractivity (Wildman–Crippen MR) is 104 cm³/mol. The van der Waals surface area contributed by atoms with E-state index in [9.17, 15) is 13.2 Å². The zero-order chi connectivity index (χ0) is 19.6. The number of hydrogen-bond acceptors (Lipinski definition) is 5. The van der Waals surface area contributed by atoms with Gasteiger partial charge >= 0.3 is 0 Å². The highest BCUT2D eigenvalue weighted by molar-refractivity contribution is 7.90. The van der Waals surface area contributed by atoms with Crippen molar-refractivity contribution in [3.8, 4) is 0 Å². The number of carbonyl (C=O) groups is 1. The third kappa shape index (κ3) is 3.80. The van der Waals surface area contributed by atoms with E-state index in [0.29, 0.717) is 43.9 Å². The lowest BCUT2D eigenvalue weighted by atomic mass is 9.95. The van der Waals surface area contributed by atoms with Crippen LogP contribution < -0.4 is 5.32 Å². The number of nitrogens with one attached hydrogen (secondary N) is 1. The first-order valence-corrected chi connectivity index (χ1v) is 10.9. The van der Waals surface area contributed by atoms with Crippen molar-refractivity contribution in [1.82, 2.24) is 19.8 Å². The van der Waals surface area contributed by atoms with Crippen LogP contribution >= 0.6 is 0 Å². The van der Waals surface area contributed by atoms with Crippen molar-refractivity contribution in [1.29, 1.82) is 0 Å². The van der Waals surface area contributed by atoms with Crippen molar-refractivity contribution in [2.24, 2.45) is 10.3 Å². The SMILES string of the molecule is O=C(NCCCn1ccnc1)C1CCN(C2=NS(=O)(=O)c3ccccc32)CC1. The van der Waals surface area contributed by atoms with Crippen LogP contribution in [0.25, 0.3) is 0 Å². The summed E-state index contributed by atoms with van der Waals surface area (Å²) in [5.41, 5.74) is 0.657. The molecule has 1 amide bonds. The van der Waals surface area contributed by atoms with Crippen LogP contribution in [0.5, 0.6) is 0 Å². The van der Waals surface area contributed by atoms with E-state index in [1.807, 2.05) is 21.7 Å². The Bertz CT molecular complexity index is 977. The Labute approximate surface area is 164 Å². The number of fused-ring (bicyclic) bond motifs is 1. The van der Waals surface area contributed by atoms with Gasteiger partial charge in [-0.2, -0.15) is 8.42 Å². The number of amides is 1. The summed E-state index contributed by atoms with van der Waals surface area (Å²) in [6.07, 6.45) is 7.64. The van der Waals surface area contributed by atoms with Crippen LogP contribution in [-0.4, -0.2) is 54.2 Å². The van der Waals surface area contributed by atoms with E-state index in [-0.39, 0.29) is 16.7 Å². The maximum atomic E-state index is 12.4. The van der Waals surface area contributed by atoms with Gasteiger partial charge < -0.3 is 14.8 Å². The Morgan fingerprint density at radius 1 is 1.21 bits per heavy atom. The van der Waals surface area contributed by atoms with Crippen molar-refractivity contribution in [3.63, 3.8) is 0 Å². The Morgan fingerprint density at radius 2 is 2.00 bits per heavy atom. The zero-order valence-electron chi connectivity index (χ0n) is 15.5. The Balaban J connectivity index is 1.28. The minimum atomic E-state index is -3.61. The molecule has 1 N–H and O–H groups in total. The number of amidine groups is 1. The number of aryl methyl sites for hydroxylation is 1. The van der Waals surface area contributed by atoms with Gasteiger partial charge in [0, 0.05) is 50.1 Å². The third-order valence-corrected chi connectivity index (χ3v) is 6.55. The average molecular weight is 401 g/mol. The van der Waals surface area contributed by atoms with E-state index in [2.05, 4.69) is 14.7 Å². The van der Waals surface area contributed by atoms with Crippen LogP contribution in [0.3, 0.4) is 0 Å². The van der Waals surface area contributed by atoms with Crippen LogP contribution in [0.15, 0.2) is 52.3 Å². The standard InChI is InChI=1S/C19H23N5O3S/c25-19(21-8-3-10-23-13-9-20-14-23)15-6-11-24(12-7-15)18-16-4-1-2-5-17(16)28(26,27)22-18/h1-2,4-5,9,13-15H,3,6-8,10-12H2,(H,21,25). The summed E-state index contributed by atoms with van der Waals surface area (Å²) in [7, 11) is -3.61. The van der Waals surface area contributed by atoms with Crippen LogP contribution in [0.1, 0.15) is 24.8 Å². The van der Waals surface area contributed by atoms with Crippen LogP contribution in [0, 0.1) is 5.92 Å².